The predicted octanol–water partition coefficient (Wildman–Crippen LogP) is 3.64. The molecule has 0 saturated heterocycles. The minimum Gasteiger partial charge on any atom is -0.288 e. The first kappa shape index (κ1) is 9.79. The van der Waals surface area contributed by atoms with Gasteiger partial charge in [-0.05, 0) is 35.8 Å². The Morgan fingerprint density at radius 3 is 2.61 bits per heavy atom. The van der Waals surface area contributed by atoms with E-state index in [1.165, 1.54) is 16.9 Å². The maximum atomic E-state index is 4.47. The highest BCUT2D eigenvalue weighted by Gasteiger charge is 2.10. The van der Waals surface area contributed by atoms with Gasteiger partial charge in [-0.15, -0.1) is 0 Å². The molecule has 2 aromatic heterocycles. The zero-order chi connectivity index (χ0) is 11.9. The molecular weight excluding hydrogens is 242 g/mol. The number of fused-ring (bicyclic) bond motifs is 2. The minimum atomic E-state index is 1.01. The summed E-state index contributed by atoms with van der Waals surface area (Å²) >= 11 is 1.51. The summed E-state index contributed by atoms with van der Waals surface area (Å²) in [4.78, 5) is 4.42. The van der Waals surface area contributed by atoms with Crippen LogP contribution in [0.4, 0.5) is 0 Å². The Balaban J connectivity index is 2.08. The van der Waals surface area contributed by atoms with E-state index >= 15 is 0 Å². The van der Waals surface area contributed by atoms with Gasteiger partial charge in [-0.2, -0.15) is 4.37 Å². The Morgan fingerprint density at radius 1 is 0.889 bits per heavy atom. The molecule has 0 aliphatic heterocycles. The van der Waals surface area contributed by atoms with Crippen LogP contribution in [0, 0.1) is 0 Å². The molecule has 0 amide bonds. The van der Waals surface area contributed by atoms with Crippen molar-refractivity contribution < 1.29 is 0 Å². The highest BCUT2D eigenvalue weighted by Crippen LogP contribution is 2.28. The Bertz CT molecular complexity index is 772. The van der Waals surface area contributed by atoms with Crippen molar-refractivity contribution in [3.63, 3.8) is 0 Å². The summed E-state index contributed by atoms with van der Waals surface area (Å²) < 4.78 is 6.58. The van der Waals surface area contributed by atoms with Gasteiger partial charge >= 0.3 is 0 Å². The number of hydrogen-bond acceptors (Lipinski definition) is 3. The second-order valence-electron chi connectivity index (χ2n) is 4.11. The van der Waals surface area contributed by atoms with Crippen LogP contribution in [-0.4, -0.2) is 13.9 Å². The van der Waals surface area contributed by atoms with Crippen LogP contribution >= 0.6 is 11.5 Å². The Labute approximate surface area is 107 Å². The molecule has 0 spiro atoms. The highest BCUT2D eigenvalue weighted by molar-refractivity contribution is 7.10. The Kier molecular flexibility index (Phi) is 1.98. The van der Waals surface area contributed by atoms with Gasteiger partial charge in [0.2, 0.25) is 0 Å². The summed E-state index contributed by atoms with van der Waals surface area (Å²) in [6.45, 7) is 0. The molecule has 0 N–H and O–H groups in total. The smallest absolute Gasteiger partial charge is 0.129 e. The van der Waals surface area contributed by atoms with Gasteiger partial charge in [0.25, 0.3) is 0 Å². The summed E-state index contributed by atoms with van der Waals surface area (Å²) in [6.07, 6.45) is 1.87. The van der Waals surface area contributed by atoms with Crippen molar-refractivity contribution in [2.45, 2.75) is 0 Å². The summed E-state index contributed by atoms with van der Waals surface area (Å²) in [7, 11) is 0. The van der Waals surface area contributed by atoms with Gasteiger partial charge in [0.1, 0.15) is 11.3 Å². The van der Waals surface area contributed by atoms with E-state index < -0.39 is 0 Å². The summed E-state index contributed by atoms with van der Waals surface area (Å²) in [5.74, 6) is 0. The zero-order valence-corrected chi connectivity index (χ0v) is 10.3. The molecule has 2 aromatic carbocycles. The molecule has 0 radical (unpaired) electrons. The third kappa shape index (κ3) is 1.29. The fourth-order valence-electron chi connectivity index (χ4n) is 2.17. The number of rotatable bonds is 1. The summed E-state index contributed by atoms with van der Waals surface area (Å²) in [6, 6.07) is 16.3. The van der Waals surface area contributed by atoms with Crippen LogP contribution in [0.15, 0.2) is 54.9 Å². The van der Waals surface area contributed by atoms with Gasteiger partial charge < -0.3 is 0 Å². The molecule has 0 fully saturated rings. The Hall–Kier alpha value is -2.20. The van der Waals surface area contributed by atoms with E-state index in [0.717, 1.165) is 21.6 Å². The molecule has 18 heavy (non-hydrogen) atoms. The number of benzene rings is 2. The maximum absolute atomic E-state index is 4.47. The fraction of sp³-hybridized carbons (Fsp3) is 0. The minimum absolute atomic E-state index is 1.01. The van der Waals surface area contributed by atoms with Crippen LogP contribution in [0.2, 0.25) is 0 Å². The fourth-order valence-corrected chi connectivity index (χ4v) is 3.02. The number of para-hydroxylation sites is 2. The van der Waals surface area contributed by atoms with Gasteiger partial charge in [0.15, 0.2) is 0 Å². The van der Waals surface area contributed by atoms with E-state index in [0.29, 0.717) is 0 Å². The lowest BCUT2D eigenvalue weighted by atomic mass is 10.2. The molecular formula is C14H9N3S. The van der Waals surface area contributed by atoms with Crippen molar-refractivity contribution in [1.82, 2.24) is 13.9 Å². The average Bonchev–Trinajstić information content (AvgIpc) is 3.01. The van der Waals surface area contributed by atoms with Crippen molar-refractivity contribution in [2.24, 2.45) is 0 Å². The topological polar surface area (TPSA) is 30.7 Å². The van der Waals surface area contributed by atoms with Crippen molar-refractivity contribution in [1.29, 1.82) is 0 Å². The van der Waals surface area contributed by atoms with Gasteiger partial charge in [-0.25, -0.2) is 4.98 Å². The summed E-state index contributed by atoms with van der Waals surface area (Å²) in [5, 5.41) is 2.30. The molecule has 4 heteroatoms. The van der Waals surface area contributed by atoms with E-state index in [1.54, 1.807) is 0 Å². The molecule has 0 aliphatic rings. The lowest BCUT2D eigenvalue weighted by Gasteiger charge is -2.00. The largest absolute Gasteiger partial charge is 0.288 e. The van der Waals surface area contributed by atoms with Crippen LogP contribution in [0.1, 0.15) is 0 Å². The first-order valence-electron chi connectivity index (χ1n) is 5.70. The molecule has 0 bridgehead atoms. The number of nitrogens with zero attached hydrogens (tertiary/aromatic N) is 3. The van der Waals surface area contributed by atoms with E-state index in [4.69, 9.17) is 0 Å². The van der Waals surface area contributed by atoms with E-state index in [9.17, 15) is 0 Å². The molecule has 86 valence electrons. The zero-order valence-electron chi connectivity index (χ0n) is 9.45. The van der Waals surface area contributed by atoms with Crippen LogP contribution in [0.5, 0.6) is 0 Å². The van der Waals surface area contributed by atoms with Gasteiger partial charge in [0.05, 0.1) is 16.6 Å². The molecule has 0 atom stereocenters. The van der Waals surface area contributed by atoms with E-state index in [2.05, 4.69) is 26.1 Å². The number of imidazole rings is 1. The number of hydrogen-bond donors (Lipinski definition) is 0. The standard InChI is InChI=1S/C14H9N3S/c1-2-6-11-10(5-1)14(18-16-11)17-9-15-12-7-3-4-8-13(12)17/h1-9H. The lowest BCUT2D eigenvalue weighted by Crippen LogP contribution is -1.88. The Morgan fingerprint density at radius 2 is 1.67 bits per heavy atom. The third-order valence-corrected chi connectivity index (χ3v) is 3.91. The third-order valence-electron chi connectivity index (χ3n) is 3.04. The first-order valence-corrected chi connectivity index (χ1v) is 6.48. The molecule has 4 aromatic rings. The van der Waals surface area contributed by atoms with Crippen molar-refractivity contribution in [3.8, 4) is 5.00 Å². The monoisotopic (exact) mass is 251 g/mol. The van der Waals surface area contributed by atoms with Gasteiger partial charge in [-0.1, -0.05) is 24.3 Å². The number of aromatic nitrogens is 3. The van der Waals surface area contributed by atoms with Crippen LogP contribution in [-0.2, 0) is 0 Å². The van der Waals surface area contributed by atoms with E-state index in [1.807, 2.05) is 42.7 Å². The molecule has 0 aliphatic carbocycles. The SMILES string of the molecule is c1ccc2c(-n3cnc4ccccc43)snc2c1. The maximum Gasteiger partial charge on any atom is 0.129 e. The average molecular weight is 251 g/mol. The van der Waals surface area contributed by atoms with Crippen molar-refractivity contribution in [3.05, 3.63) is 54.9 Å². The molecule has 0 saturated carbocycles. The lowest BCUT2D eigenvalue weighted by molar-refractivity contribution is 1.13. The van der Waals surface area contributed by atoms with Gasteiger partial charge in [-0.3, -0.25) is 4.57 Å². The molecule has 4 rings (SSSR count). The van der Waals surface area contributed by atoms with Crippen molar-refractivity contribution in [2.75, 3.05) is 0 Å². The van der Waals surface area contributed by atoms with Crippen LogP contribution < -0.4 is 0 Å². The van der Waals surface area contributed by atoms with Gasteiger partial charge in [0, 0.05) is 5.39 Å². The molecule has 3 nitrogen and oxygen atoms in total. The second-order valence-corrected chi connectivity index (χ2v) is 4.86. The van der Waals surface area contributed by atoms with Crippen LogP contribution in [0.25, 0.3) is 26.9 Å². The first-order chi connectivity index (χ1) is 8.93. The highest BCUT2D eigenvalue weighted by atomic mass is 32.1. The normalized spacial score (nSPS) is 11.3. The second kappa shape index (κ2) is 3.65. The predicted molar refractivity (Wildman–Crippen MR) is 74.2 cm³/mol. The summed E-state index contributed by atoms with van der Waals surface area (Å²) in [5.41, 5.74) is 3.16. The molecule has 0 unspecified atom stereocenters. The van der Waals surface area contributed by atoms with Crippen molar-refractivity contribution >= 4 is 33.5 Å². The quantitative estimate of drug-likeness (QED) is 0.517. The van der Waals surface area contributed by atoms with Crippen LogP contribution in [0.3, 0.4) is 0 Å². The molecule has 2 heterocycles. The van der Waals surface area contributed by atoms with E-state index in [-0.39, 0.29) is 0 Å².